The Kier molecular flexibility index (Phi) is 7.24. The second kappa shape index (κ2) is 9.96. The maximum Gasteiger partial charge on any atom is 0.330 e. The maximum absolute atomic E-state index is 12.9. The van der Waals surface area contributed by atoms with Gasteiger partial charge in [0.1, 0.15) is 12.2 Å². The zero-order chi connectivity index (χ0) is 27.0. The molecule has 1 unspecified atom stereocenters. The average Bonchev–Trinajstić information content (AvgIpc) is 3.16. The van der Waals surface area contributed by atoms with Crippen molar-refractivity contribution in [2.75, 3.05) is 6.61 Å². The summed E-state index contributed by atoms with van der Waals surface area (Å²) < 4.78 is 14.1. The van der Waals surface area contributed by atoms with Crippen LogP contribution in [0.4, 0.5) is 0 Å². The number of nitrogens with zero attached hydrogens (tertiary/aromatic N) is 1. The highest BCUT2D eigenvalue weighted by Crippen LogP contribution is 2.43. The molecule has 2 aromatic carbocycles. The van der Waals surface area contributed by atoms with Gasteiger partial charge >= 0.3 is 5.69 Å². The lowest BCUT2D eigenvalue weighted by Crippen LogP contribution is -2.69. The quantitative estimate of drug-likeness (QED) is 0.305. The molecule has 1 aromatic heterocycles. The Morgan fingerprint density at radius 3 is 2.08 bits per heavy atom. The number of aliphatic hydroxyl groups excluding tert-OH is 2. The minimum absolute atomic E-state index is 0.231. The third kappa shape index (κ3) is 4.45. The molecule has 1 aliphatic rings. The van der Waals surface area contributed by atoms with E-state index in [0.29, 0.717) is 6.29 Å². The molecular formula is C27H32N2O7Si. The number of ether oxygens (including phenoxy) is 1. The molecule has 196 valence electrons. The van der Waals surface area contributed by atoms with E-state index in [2.05, 4.69) is 4.98 Å². The van der Waals surface area contributed by atoms with Crippen molar-refractivity contribution in [3.05, 3.63) is 93.3 Å². The summed E-state index contributed by atoms with van der Waals surface area (Å²) in [5.74, 6) is 0. The van der Waals surface area contributed by atoms with Crippen LogP contribution in [0.5, 0.6) is 0 Å². The zero-order valence-electron chi connectivity index (χ0n) is 21.3. The molecule has 4 rings (SSSR count). The van der Waals surface area contributed by atoms with E-state index in [9.17, 15) is 24.6 Å². The van der Waals surface area contributed by atoms with Gasteiger partial charge in [0, 0.05) is 11.8 Å². The minimum atomic E-state index is -3.29. The van der Waals surface area contributed by atoms with E-state index in [4.69, 9.17) is 9.16 Å². The van der Waals surface area contributed by atoms with Crippen LogP contribution in [-0.4, -0.2) is 58.8 Å². The topological polar surface area (TPSA) is 131 Å². The third-order valence-corrected chi connectivity index (χ3v) is 12.1. The number of benzene rings is 2. The number of aromatic amines is 1. The summed E-state index contributed by atoms with van der Waals surface area (Å²) in [5, 5.41) is 22.9. The summed E-state index contributed by atoms with van der Waals surface area (Å²) in [6.07, 6.45) is -2.52. The van der Waals surface area contributed by atoms with Crippen LogP contribution in [0.25, 0.3) is 0 Å². The van der Waals surface area contributed by atoms with Crippen LogP contribution >= 0.6 is 0 Å². The zero-order valence-corrected chi connectivity index (χ0v) is 22.3. The van der Waals surface area contributed by atoms with Crippen LogP contribution < -0.4 is 21.6 Å². The van der Waals surface area contributed by atoms with Crippen molar-refractivity contribution in [2.24, 2.45) is 0 Å². The summed E-state index contributed by atoms with van der Waals surface area (Å²) in [7, 11) is -3.29. The molecule has 0 amide bonds. The number of H-pyrrole nitrogens is 1. The first-order valence-corrected chi connectivity index (χ1v) is 14.0. The normalized spacial score (nSPS) is 24.2. The molecule has 1 fully saturated rings. The van der Waals surface area contributed by atoms with Crippen LogP contribution in [0.1, 0.15) is 32.6 Å². The Balaban J connectivity index is 1.98. The Morgan fingerprint density at radius 2 is 1.62 bits per heavy atom. The third-order valence-electron chi connectivity index (χ3n) is 7.03. The number of aliphatic hydroxyl groups is 2. The van der Waals surface area contributed by atoms with Crippen LogP contribution in [-0.2, 0) is 14.0 Å². The lowest BCUT2D eigenvalue weighted by Gasteiger charge is -2.45. The van der Waals surface area contributed by atoms with Gasteiger partial charge in [-0.2, -0.15) is 0 Å². The number of carbonyl (C=O) groups is 1. The minimum Gasteiger partial charge on any atom is -0.397 e. The van der Waals surface area contributed by atoms with Crippen LogP contribution in [0, 0.1) is 6.92 Å². The molecule has 3 N–H and O–H groups in total. The molecular weight excluding hydrogens is 492 g/mol. The van der Waals surface area contributed by atoms with E-state index in [1.165, 1.54) is 13.1 Å². The first-order chi connectivity index (χ1) is 17.5. The summed E-state index contributed by atoms with van der Waals surface area (Å²) in [4.78, 5) is 39.3. The molecule has 0 saturated carbocycles. The number of hydrogen-bond acceptors (Lipinski definition) is 7. The molecule has 2 heterocycles. The number of aryl methyl sites for hydroxylation is 1. The molecule has 1 aliphatic heterocycles. The second-order valence-electron chi connectivity index (χ2n) is 10.4. The van der Waals surface area contributed by atoms with Crippen molar-refractivity contribution in [1.82, 2.24) is 9.55 Å². The molecule has 9 nitrogen and oxygen atoms in total. The number of aromatic nitrogens is 2. The van der Waals surface area contributed by atoms with Crippen molar-refractivity contribution < 1.29 is 24.2 Å². The number of rotatable bonds is 7. The van der Waals surface area contributed by atoms with Gasteiger partial charge in [-0.05, 0) is 22.3 Å². The van der Waals surface area contributed by atoms with Gasteiger partial charge in [-0.1, -0.05) is 81.4 Å². The smallest absolute Gasteiger partial charge is 0.330 e. The summed E-state index contributed by atoms with van der Waals surface area (Å²) in [6.45, 7) is 6.84. The van der Waals surface area contributed by atoms with Gasteiger partial charge in [0.2, 0.25) is 0 Å². The fourth-order valence-corrected chi connectivity index (χ4v) is 9.74. The number of hydrogen-bond donors (Lipinski definition) is 3. The molecule has 37 heavy (non-hydrogen) atoms. The van der Waals surface area contributed by atoms with Crippen LogP contribution in [0.15, 0.2) is 76.4 Å². The predicted octanol–water partition coefficient (Wildman–Crippen LogP) is 0.610. The molecule has 0 bridgehead atoms. The number of nitrogens with one attached hydrogen (secondary N) is 1. The van der Waals surface area contributed by atoms with E-state index >= 15 is 0 Å². The average molecular weight is 525 g/mol. The van der Waals surface area contributed by atoms with Gasteiger partial charge in [-0.25, -0.2) is 4.79 Å². The van der Waals surface area contributed by atoms with Crippen molar-refractivity contribution in [1.29, 1.82) is 0 Å². The Hall–Kier alpha value is -3.15. The lowest BCUT2D eigenvalue weighted by molar-refractivity contribution is -0.151. The lowest BCUT2D eigenvalue weighted by atomic mass is 9.98. The Bertz CT molecular complexity index is 1330. The predicted molar refractivity (Wildman–Crippen MR) is 141 cm³/mol. The largest absolute Gasteiger partial charge is 0.397 e. The summed E-state index contributed by atoms with van der Waals surface area (Å²) in [6, 6.07) is 19.3. The van der Waals surface area contributed by atoms with Gasteiger partial charge in [0.15, 0.2) is 18.1 Å². The van der Waals surface area contributed by atoms with Gasteiger partial charge in [-0.15, -0.1) is 0 Å². The molecule has 1 saturated heterocycles. The van der Waals surface area contributed by atoms with E-state index in [0.717, 1.165) is 14.9 Å². The van der Waals surface area contributed by atoms with Crippen molar-refractivity contribution >= 4 is 25.0 Å². The van der Waals surface area contributed by atoms with Gasteiger partial charge in [-0.3, -0.25) is 19.1 Å². The highest BCUT2D eigenvalue weighted by Gasteiger charge is 2.61. The van der Waals surface area contributed by atoms with E-state index in [1.54, 1.807) is 0 Å². The molecule has 0 aliphatic carbocycles. The highest BCUT2D eigenvalue weighted by molar-refractivity contribution is 6.99. The summed E-state index contributed by atoms with van der Waals surface area (Å²) in [5.41, 5.74) is -3.14. The molecule has 0 radical (unpaired) electrons. The van der Waals surface area contributed by atoms with E-state index in [-0.39, 0.29) is 5.56 Å². The second-order valence-corrected chi connectivity index (χ2v) is 14.7. The van der Waals surface area contributed by atoms with Gasteiger partial charge in [0.25, 0.3) is 13.9 Å². The molecule has 10 heteroatoms. The molecule has 3 aromatic rings. The van der Waals surface area contributed by atoms with Crippen LogP contribution in [0.2, 0.25) is 5.04 Å². The van der Waals surface area contributed by atoms with Gasteiger partial charge in [0.05, 0.1) is 6.61 Å². The first-order valence-electron chi connectivity index (χ1n) is 12.0. The maximum atomic E-state index is 12.9. The molecule has 0 spiro atoms. The van der Waals surface area contributed by atoms with Crippen LogP contribution in [0.3, 0.4) is 0 Å². The summed E-state index contributed by atoms with van der Waals surface area (Å²) >= 11 is 0. The SMILES string of the molecule is Cc1cn([C@@H]2OC(C=O)(CO)[C@@H](O)[C@H]2O[Si](c2ccccc2)(c2ccccc2)C(C)(C)C)c(=O)[nH]c1=O. The number of carbonyl (C=O) groups excluding carboxylic acids is 1. The Labute approximate surface area is 215 Å². The fourth-order valence-electron chi connectivity index (χ4n) is 5.07. The van der Waals surface area contributed by atoms with E-state index in [1.807, 2.05) is 81.4 Å². The van der Waals surface area contributed by atoms with Crippen molar-refractivity contribution in [2.45, 2.75) is 56.8 Å². The highest BCUT2D eigenvalue weighted by atomic mass is 28.4. The van der Waals surface area contributed by atoms with Crippen molar-refractivity contribution in [3.8, 4) is 0 Å². The first kappa shape index (κ1) is 26.9. The Morgan fingerprint density at radius 1 is 1.08 bits per heavy atom. The van der Waals surface area contributed by atoms with Crippen molar-refractivity contribution in [3.63, 3.8) is 0 Å². The number of aldehydes is 1. The standard InChI is InChI=1S/C27H32N2O7Si/c1-18-15-29(25(34)28-23(18)33)24-21(22(32)27(16-30,17-31)35-24)36-37(26(2,3)4,19-11-7-5-8-12-19)20-13-9-6-10-14-20/h5-16,21-22,24,31-32H,17H2,1-4H3,(H,28,33,34)/t21-,22+,24-,27?/m1/s1. The fraction of sp³-hybridized carbons (Fsp3) is 0.370. The van der Waals surface area contributed by atoms with Gasteiger partial charge < -0.3 is 19.4 Å². The molecule has 4 atom stereocenters. The monoisotopic (exact) mass is 524 g/mol. The van der Waals surface area contributed by atoms with E-state index < -0.39 is 55.2 Å².